The maximum atomic E-state index is 10.8. The van der Waals surface area contributed by atoms with Crippen molar-refractivity contribution in [1.82, 2.24) is 0 Å². The second-order valence-electron chi connectivity index (χ2n) is 2.02. The first-order chi connectivity index (χ1) is 4.72. The van der Waals surface area contributed by atoms with Crippen molar-refractivity contribution in [2.24, 2.45) is 0 Å². The zero-order valence-corrected chi connectivity index (χ0v) is 7.31. The lowest BCUT2D eigenvalue weighted by atomic mass is 10.2. The molecule has 0 aromatic carbocycles. The Morgan fingerprint density at radius 3 is 2.36 bits per heavy atom. The van der Waals surface area contributed by atoms with Crippen LogP contribution in [0.15, 0.2) is 11.6 Å². The molecule has 11 heavy (non-hydrogen) atoms. The quantitative estimate of drug-likeness (QED) is 0.458. The Bertz CT molecular complexity index is 138. The van der Waals surface area contributed by atoms with Crippen molar-refractivity contribution in [3.8, 4) is 0 Å². The predicted octanol–water partition coefficient (Wildman–Crippen LogP) is 1.08. The second kappa shape index (κ2) is 7.28. The molecular weight excluding hydrogens is 144 g/mol. The highest BCUT2D eigenvalue weighted by Crippen LogP contribution is 1.97. The molecule has 66 valence electrons. The first kappa shape index (κ1) is 12.8. The van der Waals surface area contributed by atoms with Crippen LogP contribution in [0.5, 0.6) is 0 Å². The number of hydrogen-bond acceptors (Lipinski definition) is 2. The summed E-state index contributed by atoms with van der Waals surface area (Å²) in [5.41, 5.74) is 0.698. The molecule has 0 bridgehead atoms. The predicted molar refractivity (Wildman–Crippen MR) is 44.3 cm³/mol. The van der Waals surface area contributed by atoms with Gasteiger partial charge < -0.3 is 10.2 Å². The first-order valence-corrected chi connectivity index (χ1v) is 3.56. The summed E-state index contributed by atoms with van der Waals surface area (Å²) in [4.78, 5) is 10.8. The molecule has 0 spiro atoms. The van der Waals surface area contributed by atoms with Gasteiger partial charge in [-0.05, 0) is 20.3 Å². The van der Waals surface area contributed by atoms with Crippen LogP contribution in [-0.4, -0.2) is 18.1 Å². The minimum atomic E-state index is -0.204. The van der Waals surface area contributed by atoms with Gasteiger partial charge in [-0.3, -0.25) is 0 Å². The topological polar surface area (TPSA) is 57.8 Å². The summed E-state index contributed by atoms with van der Waals surface area (Å²) in [6, 6.07) is 0. The maximum Gasteiger partial charge on any atom is 0.333 e. The molecular formula is C8H16O3. The molecule has 0 aromatic heterocycles. The molecule has 0 aliphatic carbocycles. The minimum absolute atomic E-state index is 0. The zero-order chi connectivity index (χ0) is 7.98. The summed E-state index contributed by atoms with van der Waals surface area (Å²) in [6.45, 7) is 6.01. The average molecular weight is 160 g/mol. The molecule has 0 unspecified atom stereocenters. The van der Waals surface area contributed by atoms with Crippen molar-refractivity contribution in [3.05, 3.63) is 11.6 Å². The Hall–Kier alpha value is -0.830. The Labute approximate surface area is 67.4 Å². The molecule has 0 radical (unpaired) electrons. The van der Waals surface area contributed by atoms with Gasteiger partial charge >= 0.3 is 5.97 Å². The summed E-state index contributed by atoms with van der Waals surface area (Å²) in [7, 11) is 0. The highest BCUT2D eigenvalue weighted by molar-refractivity contribution is 5.87. The van der Waals surface area contributed by atoms with Crippen LogP contribution in [0.25, 0.3) is 0 Å². The Balaban J connectivity index is 0. The van der Waals surface area contributed by atoms with Crippen molar-refractivity contribution in [1.29, 1.82) is 0 Å². The molecule has 3 heteroatoms. The van der Waals surface area contributed by atoms with Gasteiger partial charge in [0.1, 0.15) is 0 Å². The average Bonchev–Trinajstić information content (AvgIpc) is 1.89. The molecule has 0 rings (SSSR count). The van der Waals surface area contributed by atoms with Crippen LogP contribution in [0.3, 0.4) is 0 Å². The van der Waals surface area contributed by atoms with Gasteiger partial charge in [-0.25, -0.2) is 4.79 Å². The largest absolute Gasteiger partial charge is 0.463 e. The molecule has 0 saturated heterocycles. The van der Waals surface area contributed by atoms with Gasteiger partial charge in [-0.2, -0.15) is 0 Å². The number of hydrogen-bond donors (Lipinski definition) is 0. The van der Waals surface area contributed by atoms with Crippen LogP contribution in [0, 0.1) is 0 Å². The molecule has 3 nitrogen and oxygen atoms in total. The number of carbonyl (C=O) groups is 1. The van der Waals surface area contributed by atoms with E-state index in [2.05, 4.69) is 0 Å². The van der Waals surface area contributed by atoms with Crippen molar-refractivity contribution < 1.29 is 15.0 Å². The van der Waals surface area contributed by atoms with Crippen LogP contribution in [-0.2, 0) is 9.53 Å². The highest BCUT2D eigenvalue weighted by atomic mass is 16.5. The SMILES string of the molecule is CCC=C(C)C(=O)OCC.O. The standard InChI is InChI=1S/C8H14O2.H2O/c1-4-6-7(3)8(9)10-5-2;/h6H,4-5H2,1-3H3;1H2. The lowest BCUT2D eigenvalue weighted by Crippen LogP contribution is -2.04. The van der Waals surface area contributed by atoms with Crippen LogP contribution in [0.4, 0.5) is 0 Å². The number of esters is 1. The van der Waals surface area contributed by atoms with Gasteiger partial charge in [0.05, 0.1) is 6.61 Å². The van der Waals surface area contributed by atoms with Crippen LogP contribution < -0.4 is 0 Å². The molecule has 0 saturated carbocycles. The Morgan fingerprint density at radius 1 is 1.45 bits per heavy atom. The number of ether oxygens (including phenoxy) is 1. The third kappa shape index (κ3) is 5.61. The second-order valence-corrected chi connectivity index (χ2v) is 2.02. The molecule has 0 aromatic rings. The van der Waals surface area contributed by atoms with Gasteiger partial charge in [0.15, 0.2) is 0 Å². The van der Waals surface area contributed by atoms with Crippen molar-refractivity contribution in [3.63, 3.8) is 0 Å². The van der Waals surface area contributed by atoms with E-state index in [0.29, 0.717) is 12.2 Å². The molecule has 0 fully saturated rings. The van der Waals surface area contributed by atoms with Crippen LogP contribution >= 0.6 is 0 Å². The maximum absolute atomic E-state index is 10.8. The van der Waals surface area contributed by atoms with E-state index >= 15 is 0 Å². The number of carbonyl (C=O) groups excluding carboxylic acids is 1. The van der Waals surface area contributed by atoms with Gasteiger partial charge in [0.2, 0.25) is 0 Å². The van der Waals surface area contributed by atoms with E-state index in [-0.39, 0.29) is 11.4 Å². The summed E-state index contributed by atoms with van der Waals surface area (Å²) >= 11 is 0. The summed E-state index contributed by atoms with van der Waals surface area (Å²) < 4.78 is 4.75. The van der Waals surface area contributed by atoms with Gasteiger partial charge in [0, 0.05) is 5.57 Å². The molecule has 2 N–H and O–H groups in total. The number of rotatable bonds is 3. The number of allylic oxidation sites excluding steroid dienone is 1. The minimum Gasteiger partial charge on any atom is -0.463 e. The Kier molecular flexibility index (Phi) is 8.48. The Morgan fingerprint density at radius 2 is 2.00 bits per heavy atom. The summed E-state index contributed by atoms with van der Waals surface area (Å²) in [5, 5.41) is 0. The van der Waals surface area contributed by atoms with Crippen LogP contribution in [0.1, 0.15) is 27.2 Å². The van der Waals surface area contributed by atoms with E-state index in [1.54, 1.807) is 13.8 Å². The van der Waals surface area contributed by atoms with Gasteiger partial charge in [-0.15, -0.1) is 0 Å². The van der Waals surface area contributed by atoms with E-state index < -0.39 is 0 Å². The van der Waals surface area contributed by atoms with E-state index in [0.717, 1.165) is 6.42 Å². The van der Waals surface area contributed by atoms with E-state index in [9.17, 15) is 4.79 Å². The summed E-state index contributed by atoms with van der Waals surface area (Å²) in [6.07, 6.45) is 2.74. The van der Waals surface area contributed by atoms with Crippen molar-refractivity contribution in [2.75, 3.05) is 6.61 Å². The van der Waals surface area contributed by atoms with Crippen molar-refractivity contribution >= 4 is 5.97 Å². The third-order valence-corrected chi connectivity index (χ3v) is 1.11. The molecule has 0 amide bonds. The van der Waals surface area contributed by atoms with Gasteiger partial charge in [-0.1, -0.05) is 13.0 Å². The van der Waals surface area contributed by atoms with Crippen LogP contribution in [0.2, 0.25) is 0 Å². The molecule has 0 aliphatic rings. The van der Waals surface area contributed by atoms with E-state index in [1.165, 1.54) is 0 Å². The molecule has 0 aliphatic heterocycles. The highest BCUT2D eigenvalue weighted by Gasteiger charge is 2.01. The fourth-order valence-corrected chi connectivity index (χ4v) is 0.634. The van der Waals surface area contributed by atoms with E-state index in [1.807, 2.05) is 13.0 Å². The normalized spacial score (nSPS) is 10.3. The molecule has 0 atom stereocenters. The molecule has 0 heterocycles. The first-order valence-electron chi connectivity index (χ1n) is 3.56. The fraction of sp³-hybridized carbons (Fsp3) is 0.625. The fourth-order valence-electron chi connectivity index (χ4n) is 0.634. The third-order valence-electron chi connectivity index (χ3n) is 1.11. The van der Waals surface area contributed by atoms with Crippen molar-refractivity contribution in [2.45, 2.75) is 27.2 Å². The van der Waals surface area contributed by atoms with Gasteiger partial charge in [0.25, 0.3) is 0 Å². The summed E-state index contributed by atoms with van der Waals surface area (Å²) in [5.74, 6) is -0.204. The lowest BCUT2D eigenvalue weighted by Gasteiger charge is -1.99. The van der Waals surface area contributed by atoms with E-state index in [4.69, 9.17) is 4.74 Å². The zero-order valence-electron chi connectivity index (χ0n) is 7.31. The monoisotopic (exact) mass is 160 g/mol. The smallest absolute Gasteiger partial charge is 0.333 e. The lowest BCUT2D eigenvalue weighted by molar-refractivity contribution is -0.138.